The van der Waals surface area contributed by atoms with Crippen molar-refractivity contribution in [1.82, 2.24) is 0 Å². The van der Waals surface area contributed by atoms with Gasteiger partial charge in [-0.15, -0.1) is 0 Å². The first-order valence-corrected chi connectivity index (χ1v) is 10.2. The molecule has 2 fully saturated rings. The van der Waals surface area contributed by atoms with Crippen molar-refractivity contribution < 1.29 is 39.8 Å². The van der Waals surface area contributed by atoms with Gasteiger partial charge in [0.1, 0.15) is 24.4 Å². The maximum absolute atomic E-state index is 12.7. The number of carbonyl (C=O) groups excluding carboxylic acids is 1. The van der Waals surface area contributed by atoms with Gasteiger partial charge in [-0.05, 0) is 54.7 Å². The van der Waals surface area contributed by atoms with Gasteiger partial charge in [-0.3, -0.25) is 4.79 Å². The van der Waals surface area contributed by atoms with Crippen molar-refractivity contribution >= 4 is 5.78 Å². The molecule has 0 aromatic rings. The number of ether oxygens (including phenoxy) is 2. The molecule has 0 bridgehead atoms. The van der Waals surface area contributed by atoms with Gasteiger partial charge < -0.3 is 35.0 Å². The summed E-state index contributed by atoms with van der Waals surface area (Å²) in [4.78, 5) is 12.7. The van der Waals surface area contributed by atoms with Crippen molar-refractivity contribution in [3.8, 4) is 0 Å². The van der Waals surface area contributed by atoms with Gasteiger partial charge in [0.15, 0.2) is 5.78 Å². The maximum atomic E-state index is 12.7. The molecule has 1 saturated carbocycles. The lowest BCUT2D eigenvalue weighted by Crippen LogP contribution is -2.58. The van der Waals surface area contributed by atoms with E-state index in [1.807, 2.05) is 0 Å². The van der Waals surface area contributed by atoms with Gasteiger partial charge in [0.2, 0.25) is 6.29 Å². The topological polar surface area (TPSA) is 137 Å². The molecule has 9 atom stereocenters. The number of fused-ring (bicyclic) bond motifs is 1. The molecule has 1 aliphatic heterocycles. The van der Waals surface area contributed by atoms with Crippen LogP contribution in [0.3, 0.4) is 0 Å². The van der Waals surface area contributed by atoms with Crippen LogP contribution in [0.15, 0.2) is 23.5 Å². The van der Waals surface area contributed by atoms with Crippen LogP contribution in [-0.2, 0) is 14.3 Å². The monoisotopic (exact) mass is 412 g/mol. The molecule has 1 heterocycles. The van der Waals surface area contributed by atoms with E-state index in [-0.39, 0.29) is 11.2 Å². The van der Waals surface area contributed by atoms with Crippen LogP contribution < -0.4 is 0 Å². The molecule has 1 saturated heterocycles. The summed E-state index contributed by atoms with van der Waals surface area (Å²) < 4.78 is 10.8. The number of aliphatic hydroxyl groups is 5. The first kappa shape index (κ1) is 22.4. The van der Waals surface area contributed by atoms with Gasteiger partial charge >= 0.3 is 0 Å². The molecule has 8 nitrogen and oxygen atoms in total. The molecular weight excluding hydrogens is 380 g/mol. The zero-order valence-corrected chi connectivity index (χ0v) is 17.1. The summed E-state index contributed by atoms with van der Waals surface area (Å²) >= 11 is 0. The smallest absolute Gasteiger partial charge is 0.228 e. The normalized spacial score (nSPS) is 46.1. The molecule has 0 amide bonds. The zero-order chi connectivity index (χ0) is 21.5. The molecule has 0 radical (unpaired) electrons. The molecular formula is C21H32O8. The Morgan fingerprint density at radius 1 is 1.24 bits per heavy atom. The van der Waals surface area contributed by atoms with Gasteiger partial charge in [0.25, 0.3) is 0 Å². The van der Waals surface area contributed by atoms with Crippen molar-refractivity contribution in [3.05, 3.63) is 23.5 Å². The van der Waals surface area contributed by atoms with Crippen LogP contribution in [-0.4, -0.2) is 74.7 Å². The fraction of sp³-hybridized carbons (Fsp3) is 0.762. The summed E-state index contributed by atoms with van der Waals surface area (Å²) in [6, 6.07) is 0. The molecule has 2 aliphatic carbocycles. The number of allylic oxidation sites excluding steroid dienone is 2. The summed E-state index contributed by atoms with van der Waals surface area (Å²) in [5.74, 6) is -0.204. The molecule has 0 spiro atoms. The minimum atomic E-state index is -1.52. The van der Waals surface area contributed by atoms with E-state index in [2.05, 4.69) is 13.8 Å². The fourth-order valence-electron chi connectivity index (χ4n) is 4.73. The quantitative estimate of drug-likeness (QED) is 0.408. The van der Waals surface area contributed by atoms with Crippen LogP contribution in [0, 0.1) is 17.3 Å². The summed E-state index contributed by atoms with van der Waals surface area (Å²) in [7, 11) is 0. The highest BCUT2D eigenvalue weighted by Gasteiger charge is 2.48. The van der Waals surface area contributed by atoms with Crippen LogP contribution >= 0.6 is 0 Å². The van der Waals surface area contributed by atoms with E-state index in [0.717, 1.165) is 12.0 Å². The third-order valence-electron chi connectivity index (χ3n) is 7.03. The third kappa shape index (κ3) is 4.02. The van der Waals surface area contributed by atoms with E-state index >= 15 is 0 Å². The molecule has 3 rings (SSSR count). The molecule has 3 aliphatic rings. The lowest BCUT2D eigenvalue weighted by atomic mass is 9.57. The lowest BCUT2D eigenvalue weighted by molar-refractivity contribution is -0.288. The minimum absolute atomic E-state index is 0.100. The molecule has 29 heavy (non-hydrogen) atoms. The first-order chi connectivity index (χ1) is 13.6. The van der Waals surface area contributed by atoms with Crippen molar-refractivity contribution in [3.63, 3.8) is 0 Å². The Labute approximate surface area is 170 Å². The van der Waals surface area contributed by atoms with Gasteiger partial charge in [0.05, 0.1) is 19.0 Å². The van der Waals surface area contributed by atoms with Gasteiger partial charge in [-0.25, -0.2) is 0 Å². The number of hydrogen-bond acceptors (Lipinski definition) is 8. The Morgan fingerprint density at radius 2 is 1.93 bits per heavy atom. The van der Waals surface area contributed by atoms with Crippen molar-refractivity contribution in [1.29, 1.82) is 0 Å². The summed E-state index contributed by atoms with van der Waals surface area (Å²) in [6.07, 6.45) is -2.40. The first-order valence-electron chi connectivity index (χ1n) is 10.2. The second kappa shape index (κ2) is 8.45. The molecule has 0 aromatic carbocycles. The average Bonchev–Trinajstić information content (AvgIpc) is 2.69. The summed E-state index contributed by atoms with van der Waals surface area (Å²) in [6.45, 7) is 5.42. The second-order valence-electron chi connectivity index (χ2n) is 8.87. The minimum Gasteiger partial charge on any atom is -0.470 e. The van der Waals surface area contributed by atoms with Crippen LogP contribution in [0.25, 0.3) is 0 Å². The summed E-state index contributed by atoms with van der Waals surface area (Å²) in [5, 5.41) is 49.4. The van der Waals surface area contributed by atoms with Gasteiger partial charge in [0, 0.05) is 5.92 Å². The van der Waals surface area contributed by atoms with E-state index in [0.29, 0.717) is 24.3 Å². The van der Waals surface area contributed by atoms with E-state index in [4.69, 9.17) is 9.47 Å². The summed E-state index contributed by atoms with van der Waals surface area (Å²) in [5.41, 5.74) is 1.16. The average molecular weight is 412 g/mol. The largest absolute Gasteiger partial charge is 0.470 e. The Balaban J connectivity index is 1.75. The number of hydrogen-bond donors (Lipinski definition) is 5. The predicted octanol–water partition coefficient (Wildman–Crippen LogP) is 0.0192. The lowest BCUT2D eigenvalue weighted by Gasteiger charge is -2.48. The SMILES string of the molecule is CC(=CO[C@@H]1O[C@H](CO)[C@@H](O)[C@H](O)[C@H]1O)[C@H]1C[C@@]2(C)C(=CC1=O)[C@H](O)CC[C@@H]2C. The molecule has 0 aromatic heterocycles. The zero-order valence-electron chi connectivity index (χ0n) is 17.1. The highest BCUT2D eigenvalue weighted by molar-refractivity contribution is 5.95. The molecule has 8 heteroatoms. The van der Waals surface area contributed by atoms with Crippen LogP contribution in [0.2, 0.25) is 0 Å². The number of carbonyl (C=O) groups is 1. The Kier molecular flexibility index (Phi) is 6.53. The number of rotatable bonds is 4. The van der Waals surface area contributed by atoms with E-state index < -0.39 is 49.3 Å². The third-order valence-corrected chi connectivity index (χ3v) is 7.03. The highest BCUT2D eigenvalue weighted by atomic mass is 16.7. The maximum Gasteiger partial charge on any atom is 0.228 e. The van der Waals surface area contributed by atoms with Crippen molar-refractivity contribution in [2.75, 3.05) is 6.61 Å². The molecule has 0 unspecified atom stereocenters. The van der Waals surface area contributed by atoms with Gasteiger partial charge in [-0.2, -0.15) is 0 Å². The highest BCUT2D eigenvalue weighted by Crippen LogP contribution is 2.52. The van der Waals surface area contributed by atoms with E-state index in [9.17, 15) is 30.3 Å². The standard InChI is InChI=1S/C21H32O8/c1-10(9-28-20-19(27)18(26)17(25)16(8-22)29-20)12-7-21(3)11(2)4-5-14(23)13(21)6-15(12)24/h6,9,11-12,14,16-20,22-23,25-27H,4-5,7-8H2,1-3H3/t11-,12+,14+,16+,17+,18-,19+,20+,21+/m0/s1. The Morgan fingerprint density at radius 3 is 2.59 bits per heavy atom. The molecule has 164 valence electrons. The Bertz CT molecular complexity index is 686. The van der Waals surface area contributed by atoms with E-state index in [1.165, 1.54) is 6.26 Å². The van der Waals surface area contributed by atoms with Crippen LogP contribution in [0.4, 0.5) is 0 Å². The van der Waals surface area contributed by atoms with Crippen LogP contribution in [0.1, 0.15) is 40.0 Å². The van der Waals surface area contributed by atoms with Crippen molar-refractivity contribution in [2.24, 2.45) is 17.3 Å². The van der Waals surface area contributed by atoms with Crippen LogP contribution in [0.5, 0.6) is 0 Å². The predicted molar refractivity (Wildman–Crippen MR) is 102 cm³/mol. The van der Waals surface area contributed by atoms with E-state index in [1.54, 1.807) is 13.0 Å². The number of aliphatic hydroxyl groups excluding tert-OH is 5. The fourth-order valence-corrected chi connectivity index (χ4v) is 4.73. The van der Waals surface area contributed by atoms with Crippen molar-refractivity contribution in [2.45, 2.75) is 76.8 Å². The van der Waals surface area contributed by atoms with Gasteiger partial charge in [-0.1, -0.05) is 13.8 Å². The molecule has 5 N–H and O–H groups in total. The second-order valence-corrected chi connectivity index (χ2v) is 8.87. The number of ketones is 1. The Hall–Kier alpha value is -1.29.